The summed E-state index contributed by atoms with van der Waals surface area (Å²) >= 11 is 6.02. The van der Waals surface area contributed by atoms with E-state index in [9.17, 15) is 9.59 Å². The van der Waals surface area contributed by atoms with Crippen LogP contribution in [-0.4, -0.2) is 29.8 Å². The Hall–Kier alpha value is -1.75. The van der Waals surface area contributed by atoms with Crippen molar-refractivity contribution in [3.05, 3.63) is 28.8 Å². The smallest absolute Gasteiger partial charge is 0.257 e. The Morgan fingerprint density at radius 2 is 2.11 bits per heavy atom. The molecule has 0 bridgehead atoms. The number of nitrogens with two attached hydrogens (primary N) is 2. The molecule has 2 amide bonds. The number of benzene rings is 1. The maximum atomic E-state index is 12.4. The number of piperidine rings is 1. The molecule has 0 aliphatic carbocycles. The highest BCUT2D eigenvalue weighted by molar-refractivity contribution is 6.34. The second kappa shape index (κ2) is 5.48. The molecule has 1 aromatic rings. The van der Waals surface area contributed by atoms with Crippen molar-refractivity contribution < 1.29 is 9.59 Å². The van der Waals surface area contributed by atoms with E-state index in [2.05, 4.69) is 0 Å². The molecule has 4 N–H and O–H groups in total. The summed E-state index contributed by atoms with van der Waals surface area (Å²) in [5, 5.41) is 0.325. The number of hydrogen-bond donors (Lipinski definition) is 2. The first-order valence-electron chi connectivity index (χ1n) is 6.13. The van der Waals surface area contributed by atoms with Gasteiger partial charge in [0.05, 0.1) is 16.5 Å². The summed E-state index contributed by atoms with van der Waals surface area (Å²) in [6.45, 7) is 0.923. The quantitative estimate of drug-likeness (QED) is 0.800. The highest BCUT2D eigenvalue weighted by Gasteiger charge is 2.29. The highest BCUT2D eigenvalue weighted by Crippen LogP contribution is 2.26. The van der Waals surface area contributed by atoms with Gasteiger partial charge in [0.25, 0.3) is 5.91 Å². The van der Waals surface area contributed by atoms with Crippen molar-refractivity contribution >= 4 is 29.1 Å². The molecular weight excluding hydrogens is 266 g/mol. The molecule has 1 fully saturated rings. The van der Waals surface area contributed by atoms with Crippen molar-refractivity contribution in [2.45, 2.75) is 12.8 Å². The zero-order valence-electron chi connectivity index (χ0n) is 10.4. The van der Waals surface area contributed by atoms with Gasteiger partial charge >= 0.3 is 0 Å². The number of anilines is 1. The predicted octanol–water partition coefficient (Wildman–Crippen LogP) is 1.26. The van der Waals surface area contributed by atoms with Crippen LogP contribution in [-0.2, 0) is 4.79 Å². The number of halogens is 1. The van der Waals surface area contributed by atoms with Crippen LogP contribution in [0.5, 0.6) is 0 Å². The van der Waals surface area contributed by atoms with Crippen LogP contribution in [0, 0.1) is 5.92 Å². The standard InChI is InChI=1S/C13H16ClN3O2/c14-9-4-1-5-10(15)11(9)13(19)17-6-2-3-8(7-17)12(16)18/h1,4-5,8H,2-3,6-7,15H2,(H2,16,18). The lowest BCUT2D eigenvalue weighted by molar-refractivity contribution is -0.123. The van der Waals surface area contributed by atoms with Gasteiger partial charge in [-0.05, 0) is 25.0 Å². The van der Waals surface area contributed by atoms with Gasteiger partial charge in [0.2, 0.25) is 5.91 Å². The topological polar surface area (TPSA) is 89.4 Å². The molecule has 2 rings (SSSR count). The SMILES string of the molecule is NC(=O)C1CCCN(C(=O)c2c(N)cccc2Cl)C1. The van der Waals surface area contributed by atoms with Gasteiger partial charge in [0.1, 0.15) is 0 Å². The van der Waals surface area contributed by atoms with E-state index in [0.29, 0.717) is 29.4 Å². The molecule has 1 heterocycles. The summed E-state index contributed by atoms with van der Waals surface area (Å²) in [6, 6.07) is 4.95. The van der Waals surface area contributed by atoms with Crippen molar-refractivity contribution in [1.82, 2.24) is 4.90 Å². The van der Waals surface area contributed by atoms with Crippen LogP contribution >= 0.6 is 11.6 Å². The lowest BCUT2D eigenvalue weighted by atomic mass is 9.96. The minimum atomic E-state index is -0.371. The number of carbonyl (C=O) groups excluding carboxylic acids is 2. The number of primary amides is 1. The number of amides is 2. The van der Waals surface area contributed by atoms with Gasteiger partial charge in [0.15, 0.2) is 0 Å². The average Bonchev–Trinajstić information content (AvgIpc) is 2.38. The normalized spacial score (nSPS) is 19.2. The van der Waals surface area contributed by atoms with Gasteiger partial charge < -0.3 is 16.4 Å². The molecule has 1 aliphatic rings. The van der Waals surface area contributed by atoms with Crippen LogP contribution in [0.25, 0.3) is 0 Å². The van der Waals surface area contributed by atoms with E-state index in [-0.39, 0.29) is 17.7 Å². The van der Waals surface area contributed by atoms with E-state index in [0.717, 1.165) is 12.8 Å². The third-order valence-electron chi connectivity index (χ3n) is 3.37. The Morgan fingerprint density at radius 3 is 2.74 bits per heavy atom. The number of hydrogen-bond acceptors (Lipinski definition) is 3. The first-order valence-corrected chi connectivity index (χ1v) is 6.51. The fraction of sp³-hybridized carbons (Fsp3) is 0.385. The summed E-state index contributed by atoms with van der Waals surface area (Å²) in [4.78, 5) is 25.2. The maximum absolute atomic E-state index is 12.4. The van der Waals surface area contributed by atoms with Crippen molar-refractivity contribution in [3.63, 3.8) is 0 Å². The van der Waals surface area contributed by atoms with Crippen molar-refractivity contribution in [3.8, 4) is 0 Å². The van der Waals surface area contributed by atoms with Crippen LogP contribution in [0.3, 0.4) is 0 Å². The summed E-state index contributed by atoms with van der Waals surface area (Å²) in [5.41, 5.74) is 11.7. The first kappa shape index (κ1) is 13.7. The van der Waals surface area contributed by atoms with E-state index in [4.69, 9.17) is 23.1 Å². The second-order valence-electron chi connectivity index (χ2n) is 4.70. The van der Waals surface area contributed by atoms with E-state index >= 15 is 0 Å². The molecule has 1 aromatic carbocycles. The van der Waals surface area contributed by atoms with E-state index < -0.39 is 0 Å². The zero-order chi connectivity index (χ0) is 14.0. The third-order valence-corrected chi connectivity index (χ3v) is 3.69. The van der Waals surface area contributed by atoms with Crippen molar-refractivity contribution in [2.75, 3.05) is 18.8 Å². The van der Waals surface area contributed by atoms with Crippen LogP contribution < -0.4 is 11.5 Å². The van der Waals surface area contributed by atoms with E-state index in [1.165, 1.54) is 0 Å². The number of nitrogen functional groups attached to an aromatic ring is 1. The molecule has 1 aliphatic heterocycles. The van der Waals surface area contributed by atoms with Crippen molar-refractivity contribution in [1.29, 1.82) is 0 Å². The van der Waals surface area contributed by atoms with Crippen LogP contribution in [0.4, 0.5) is 5.69 Å². The number of rotatable bonds is 2. The fourth-order valence-corrected chi connectivity index (χ4v) is 2.58. The van der Waals surface area contributed by atoms with Crippen LogP contribution in [0.1, 0.15) is 23.2 Å². The van der Waals surface area contributed by atoms with Gasteiger partial charge in [-0.3, -0.25) is 9.59 Å². The average molecular weight is 282 g/mol. The molecule has 0 saturated carbocycles. The third kappa shape index (κ3) is 2.81. The minimum absolute atomic E-state index is 0.242. The zero-order valence-corrected chi connectivity index (χ0v) is 11.2. The molecule has 1 atom stereocenters. The largest absolute Gasteiger partial charge is 0.398 e. The molecule has 5 nitrogen and oxygen atoms in total. The Kier molecular flexibility index (Phi) is 3.95. The molecule has 0 radical (unpaired) electrons. The predicted molar refractivity (Wildman–Crippen MR) is 73.7 cm³/mol. The summed E-state index contributed by atoms with van der Waals surface area (Å²) < 4.78 is 0. The minimum Gasteiger partial charge on any atom is -0.398 e. The van der Waals surface area contributed by atoms with E-state index in [1.807, 2.05) is 0 Å². The Labute approximate surface area is 116 Å². The summed E-state index contributed by atoms with van der Waals surface area (Å²) in [5.74, 6) is -0.903. The Morgan fingerprint density at radius 1 is 1.37 bits per heavy atom. The van der Waals surface area contributed by atoms with Crippen molar-refractivity contribution in [2.24, 2.45) is 11.7 Å². The molecule has 102 valence electrons. The number of likely N-dealkylation sites (tertiary alicyclic amines) is 1. The molecule has 1 unspecified atom stereocenters. The summed E-state index contributed by atoms with van der Waals surface area (Å²) in [6.07, 6.45) is 1.47. The van der Waals surface area contributed by atoms with Gasteiger partial charge in [-0.25, -0.2) is 0 Å². The molecule has 19 heavy (non-hydrogen) atoms. The van der Waals surface area contributed by atoms with Gasteiger partial charge in [-0.15, -0.1) is 0 Å². The van der Waals surface area contributed by atoms with Crippen LogP contribution in [0.15, 0.2) is 18.2 Å². The van der Waals surface area contributed by atoms with E-state index in [1.54, 1.807) is 23.1 Å². The lowest BCUT2D eigenvalue weighted by Gasteiger charge is -2.31. The van der Waals surface area contributed by atoms with Crippen LogP contribution in [0.2, 0.25) is 5.02 Å². The maximum Gasteiger partial charge on any atom is 0.257 e. The van der Waals surface area contributed by atoms with Gasteiger partial charge in [-0.2, -0.15) is 0 Å². The fourth-order valence-electron chi connectivity index (χ4n) is 2.32. The molecule has 0 spiro atoms. The molecular formula is C13H16ClN3O2. The van der Waals surface area contributed by atoms with Gasteiger partial charge in [0, 0.05) is 18.8 Å². The molecule has 6 heteroatoms. The summed E-state index contributed by atoms with van der Waals surface area (Å²) in [7, 11) is 0. The highest BCUT2D eigenvalue weighted by atomic mass is 35.5. The molecule has 1 saturated heterocycles. The number of nitrogens with zero attached hydrogens (tertiary/aromatic N) is 1. The number of carbonyl (C=O) groups is 2. The Balaban J connectivity index is 2.22. The second-order valence-corrected chi connectivity index (χ2v) is 5.10. The van der Waals surface area contributed by atoms with Gasteiger partial charge in [-0.1, -0.05) is 17.7 Å². The monoisotopic (exact) mass is 281 g/mol. The Bertz CT molecular complexity index is 498. The lowest BCUT2D eigenvalue weighted by Crippen LogP contribution is -2.44. The molecule has 0 aromatic heterocycles. The first-order chi connectivity index (χ1) is 9.00.